The topological polar surface area (TPSA) is 128 Å². The maximum absolute atomic E-state index is 14.0. The minimum absolute atomic E-state index is 0.0287. The first-order valence-corrected chi connectivity index (χ1v) is 12.8. The van der Waals surface area contributed by atoms with Crippen LogP contribution in [0, 0.1) is 18.3 Å². The van der Waals surface area contributed by atoms with Gasteiger partial charge in [-0.1, -0.05) is 29.8 Å². The zero-order valence-corrected chi connectivity index (χ0v) is 22.2. The summed E-state index contributed by atoms with van der Waals surface area (Å²) in [7, 11) is 1.60. The number of hydrogen-bond acceptors (Lipinski definition) is 7. The van der Waals surface area contributed by atoms with Gasteiger partial charge < -0.3 is 15.2 Å². The Hall–Kier alpha value is -4.23. The molecule has 1 aliphatic heterocycles. The Labute approximate surface area is 220 Å². The van der Waals surface area contributed by atoms with Gasteiger partial charge in [0.15, 0.2) is 0 Å². The lowest BCUT2D eigenvalue weighted by atomic mass is 10.1. The van der Waals surface area contributed by atoms with Gasteiger partial charge in [0.2, 0.25) is 0 Å². The summed E-state index contributed by atoms with van der Waals surface area (Å²) in [5.74, 6) is 1.02. The second-order valence-electron chi connectivity index (χ2n) is 10.2. The van der Waals surface area contributed by atoms with Gasteiger partial charge in [-0.05, 0) is 39.7 Å². The smallest absolute Gasteiger partial charge is 0.331 e. The zero-order valence-electron chi connectivity index (χ0n) is 22.2. The van der Waals surface area contributed by atoms with Gasteiger partial charge in [-0.15, -0.1) is 0 Å². The highest BCUT2D eigenvalue weighted by Gasteiger charge is 2.29. The van der Waals surface area contributed by atoms with Crippen LogP contribution in [-0.2, 0) is 20.1 Å². The minimum Gasteiger partial charge on any atom is -0.355 e. The highest BCUT2D eigenvalue weighted by Crippen LogP contribution is 2.32. The second kappa shape index (κ2) is 9.91. The van der Waals surface area contributed by atoms with E-state index in [1.807, 2.05) is 55.7 Å². The molecule has 0 bridgehead atoms. The normalized spacial score (nSPS) is 15.7. The largest absolute Gasteiger partial charge is 0.355 e. The van der Waals surface area contributed by atoms with Crippen LogP contribution in [0.15, 0.2) is 45.5 Å². The summed E-state index contributed by atoms with van der Waals surface area (Å²) in [6.45, 7) is 7.47. The molecule has 0 radical (unpaired) electrons. The fourth-order valence-electron chi connectivity index (χ4n) is 5.36. The summed E-state index contributed by atoms with van der Waals surface area (Å²) in [6, 6.07) is 9.91. The van der Waals surface area contributed by atoms with Crippen molar-refractivity contribution < 1.29 is 0 Å². The number of nitriles is 1. The van der Waals surface area contributed by atoms with Crippen LogP contribution in [0.25, 0.3) is 21.9 Å². The van der Waals surface area contributed by atoms with Crippen LogP contribution in [0.1, 0.15) is 43.8 Å². The van der Waals surface area contributed by atoms with Crippen LogP contribution in [0.4, 0.5) is 5.82 Å². The quantitative estimate of drug-likeness (QED) is 0.407. The van der Waals surface area contributed by atoms with Crippen LogP contribution in [0.5, 0.6) is 0 Å². The lowest BCUT2D eigenvalue weighted by Crippen LogP contribution is -2.44. The van der Waals surface area contributed by atoms with E-state index in [-0.39, 0.29) is 12.6 Å². The van der Waals surface area contributed by atoms with Crippen molar-refractivity contribution in [2.24, 2.45) is 12.8 Å². The van der Waals surface area contributed by atoms with Gasteiger partial charge in [-0.25, -0.2) is 14.8 Å². The number of aromatic nitrogens is 5. The third kappa shape index (κ3) is 4.29. The molecule has 1 aromatic carbocycles. The van der Waals surface area contributed by atoms with Crippen molar-refractivity contribution in [3.8, 4) is 6.07 Å². The number of benzene rings is 1. The van der Waals surface area contributed by atoms with E-state index in [0.717, 1.165) is 46.1 Å². The third-order valence-electron chi connectivity index (χ3n) is 7.20. The number of nitrogens with two attached hydrogens (primary N) is 1. The molecule has 1 saturated heterocycles. The molecule has 196 valence electrons. The molecule has 4 aromatic rings. The van der Waals surface area contributed by atoms with Crippen molar-refractivity contribution in [1.82, 2.24) is 23.7 Å². The van der Waals surface area contributed by atoms with Crippen LogP contribution in [0.3, 0.4) is 0 Å². The van der Waals surface area contributed by atoms with Crippen molar-refractivity contribution in [2.45, 2.75) is 52.7 Å². The van der Waals surface area contributed by atoms with Crippen molar-refractivity contribution in [2.75, 3.05) is 18.0 Å². The molecule has 0 amide bonds. The van der Waals surface area contributed by atoms with Crippen molar-refractivity contribution in [3.05, 3.63) is 73.8 Å². The zero-order chi connectivity index (χ0) is 27.1. The second-order valence-corrected chi connectivity index (χ2v) is 10.2. The van der Waals surface area contributed by atoms with Crippen molar-refractivity contribution >= 4 is 27.8 Å². The first-order valence-electron chi connectivity index (χ1n) is 12.8. The maximum atomic E-state index is 14.0. The van der Waals surface area contributed by atoms with E-state index in [4.69, 9.17) is 5.73 Å². The maximum Gasteiger partial charge on any atom is 0.331 e. The number of rotatable bonds is 5. The number of allylic oxidation sites excluding steroid dienone is 2. The average molecular weight is 513 g/mol. The Morgan fingerprint density at radius 2 is 1.95 bits per heavy atom. The highest BCUT2D eigenvalue weighted by atomic mass is 16.2. The number of nitrogens with zero attached hydrogens (tertiary/aromatic N) is 7. The van der Waals surface area contributed by atoms with Crippen LogP contribution in [0.2, 0.25) is 0 Å². The van der Waals surface area contributed by atoms with Gasteiger partial charge in [0, 0.05) is 43.8 Å². The molecular weight excluding hydrogens is 480 g/mol. The summed E-state index contributed by atoms with van der Waals surface area (Å²) in [5, 5.41) is 11.2. The van der Waals surface area contributed by atoms with Crippen LogP contribution >= 0.6 is 0 Å². The third-order valence-corrected chi connectivity index (χ3v) is 7.20. The molecule has 1 aliphatic rings. The number of anilines is 1. The Morgan fingerprint density at radius 3 is 2.66 bits per heavy atom. The van der Waals surface area contributed by atoms with Gasteiger partial charge in [0.05, 0.1) is 17.6 Å². The Balaban J connectivity index is 1.77. The molecule has 1 unspecified atom stereocenters. The van der Waals surface area contributed by atoms with Crippen LogP contribution in [-0.4, -0.2) is 42.8 Å². The van der Waals surface area contributed by atoms with E-state index in [1.165, 1.54) is 4.57 Å². The summed E-state index contributed by atoms with van der Waals surface area (Å²) < 4.78 is 4.43. The SMILES string of the molecule is CC(C)=CCn1c(N2CCCC(N)C2)c(C#N)c2c1c(=O)n(Cc1nc(C)c3ccccc3n1)c(=O)n2C. The summed E-state index contributed by atoms with van der Waals surface area (Å²) in [6.07, 6.45) is 3.81. The van der Waals surface area contributed by atoms with Gasteiger partial charge in [0.1, 0.15) is 28.8 Å². The fraction of sp³-hybridized carbons (Fsp3) is 0.393. The van der Waals surface area contributed by atoms with E-state index in [1.54, 1.807) is 7.05 Å². The molecule has 2 N–H and O–H groups in total. The molecule has 0 saturated carbocycles. The number of para-hydroxylation sites is 1. The molecule has 0 aliphatic carbocycles. The predicted octanol–water partition coefficient (Wildman–Crippen LogP) is 2.57. The van der Waals surface area contributed by atoms with E-state index in [0.29, 0.717) is 41.3 Å². The minimum atomic E-state index is -0.519. The highest BCUT2D eigenvalue weighted by molar-refractivity contribution is 5.90. The van der Waals surface area contributed by atoms with E-state index in [9.17, 15) is 14.9 Å². The van der Waals surface area contributed by atoms with Gasteiger partial charge in [-0.2, -0.15) is 5.26 Å². The van der Waals surface area contributed by atoms with Crippen LogP contribution < -0.4 is 21.9 Å². The Bertz CT molecular complexity index is 1750. The number of hydrogen-bond donors (Lipinski definition) is 1. The van der Waals surface area contributed by atoms with Crippen molar-refractivity contribution in [1.29, 1.82) is 5.26 Å². The molecule has 10 nitrogen and oxygen atoms in total. The van der Waals surface area contributed by atoms with E-state index >= 15 is 0 Å². The molecule has 1 atom stereocenters. The summed E-state index contributed by atoms with van der Waals surface area (Å²) >= 11 is 0. The molecule has 5 rings (SSSR count). The predicted molar refractivity (Wildman–Crippen MR) is 148 cm³/mol. The Morgan fingerprint density at radius 1 is 1.18 bits per heavy atom. The number of piperidine rings is 1. The van der Waals surface area contributed by atoms with Gasteiger partial charge in [0.25, 0.3) is 5.56 Å². The number of aryl methyl sites for hydroxylation is 2. The molecular formula is C28H32N8O2. The fourth-order valence-corrected chi connectivity index (χ4v) is 5.36. The molecule has 1 fully saturated rings. The van der Waals surface area contributed by atoms with Gasteiger partial charge >= 0.3 is 5.69 Å². The molecule has 3 aromatic heterocycles. The first kappa shape index (κ1) is 25.4. The Kier molecular flexibility index (Phi) is 6.63. The number of fused-ring (bicyclic) bond motifs is 2. The average Bonchev–Trinajstić information content (AvgIpc) is 3.23. The molecule has 10 heteroatoms. The monoisotopic (exact) mass is 512 g/mol. The lowest BCUT2D eigenvalue weighted by Gasteiger charge is -2.33. The summed E-state index contributed by atoms with van der Waals surface area (Å²) in [4.78, 5) is 38.9. The lowest BCUT2D eigenvalue weighted by molar-refractivity contribution is 0.498. The van der Waals surface area contributed by atoms with Crippen molar-refractivity contribution in [3.63, 3.8) is 0 Å². The standard InChI is InChI=1S/C28H32N8O2/c1-17(2)11-13-35-25-24(21(14-29)26(35)34-12-7-8-19(30)15-34)33(4)28(38)36(27(25)37)16-23-31-18(3)20-9-5-6-10-22(20)32-23/h5-6,9-11,19H,7-8,12-13,15-16,30H2,1-4H3. The van der Waals surface area contributed by atoms with E-state index < -0.39 is 11.2 Å². The first-order chi connectivity index (χ1) is 18.2. The molecule has 0 spiro atoms. The summed E-state index contributed by atoms with van der Waals surface area (Å²) in [5.41, 5.74) is 8.88. The van der Waals surface area contributed by atoms with Gasteiger partial charge in [-0.3, -0.25) is 13.9 Å². The molecule has 38 heavy (non-hydrogen) atoms. The van der Waals surface area contributed by atoms with E-state index in [2.05, 4.69) is 20.9 Å². The molecule has 4 heterocycles.